The minimum absolute atomic E-state index is 0.127. The molecule has 0 bridgehead atoms. The molecule has 0 saturated carbocycles. The highest BCUT2D eigenvalue weighted by Gasteiger charge is 2.29. The van der Waals surface area contributed by atoms with Crippen LogP contribution in [-0.2, 0) is 5.41 Å². The van der Waals surface area contributed by atoms with Crippen molar-refractivity contribution >= 4 is 11.8 Å². The Kier molecular flexibility index (Phi) is 5.88. The summed E-state index contributed by atoms with van der Waals surface area (Å²) in [4.78, 5) is 0. The van der Waals surface area contributed by atoms with Gasteiger partial charge in [0.05, 0.1) is 6.61 Å². The van der Waals surface area contributed by atoms with E-state index in [1.807, 2.05) is 30.0 Å². The molecule has 0 saturated heterocycles. The van der Waals surface area contributed by atoms with Crippen molar-refractivity contribution in [3.8, 4) is 0 Å². The number of hydrogen-bond acceptors (Lipinski definition) is 3. The first kappa shape index (κ1) is 13.6. The van der Waals surface area contributed by atoms with Gasteiger partial charge in [-0.05, 0) is 30.4 Å². The molecule has 3 N–H and O–H groups in total. The molecule has 0 heterocycles. The number of nitrogens with two attached hydrogens (primary N) is 1. The summed E-state index contributed by atoms with van der Waals surface area (Å²) in [5, 5.41) is 9.64. The van der Waals surface area contributed by atoms with Gasteiger partial charge in [-0.2, -0.15) is 11.8 Å². The molecule has 0 radical (unpaired) electrons. The highest BCUT2D eigenvalue weighted by atomic mass is 32.2. The second kappa shape index (κ2) is 6.94. The lowest BCUT2D eigenvalue weighted by molar-refractivity contribution is 0.187. The molecule has 1 unspecified atom stereocenters. The maximum Gasteiger partial charge on any atom is 0.0540 e. The van der Waals surface area contributed by atoms with Crippen LogP contribution in [0.2, 0.25) is 0 Å². The van der Waals surface area contributed by atoms with Gasteiger partial charge >= 0.3 is 0 Å². The number of rotatable bonds is 7. The third-order valence-corrected chi connectivity index (χ3v) is 3.78. The Hall–Kier alpha value is -0.510. The molecule has 1 rings (SSSR count). The molecule has 2 nitrogen and oxygen atoms in total. The van der Waals surface area contributed by atoms with Crippen molar-refractivity contribution in [1.29, 1.82) is 0 Å². The standard InChI is InChI=1S/C13H21NOS/c1-16-9-5-8-13(10-14,11-15)12-6-3-2-4-7-12/h2-4,6-7,15H,5,8-11,14H2,1H3. The summed E-state index contributed by atoms with van der Waals surface area (Å²) in [5.41, 5.74) is 6.77. The van der Waals surface area contributed by atoms with Crippen molar-refractivity contribution < 1.29 is 5.11 Å². The first-order valence-corrected chi connectivity index (χ1v) is 7.04. The predicted molar refractivity (Wildman–Crippen MR) is 71.9 cm³/mol. The molecule has 0 fully saturated rings. The fourth-order valence-corrected chi connectivity index (χ4v) is 2.38. The summed E-state index contributed by atoms with van der Waals surface area (Å²) in [5.74, 6) is 1.12. The van der Waals surface area contributed by atoms with Gasteiger partial charge in [-0.25, -0.2) is 0 Å². The Morgan fingerprint density at radius 3 is 2.50 bits per heavy atom. The van der Waals surface area contributed by atoms with Crippen LogP contribution >= 0.6 is 11.8 Å². The Balaban J connectivity index is 2.79. The van der Waals surface area contributed by atoms with Crippen molar-refractivity contribution in [1.82, 2.24) is 0 Å². The topological polar surface area (TPSA) is 46.2 Å². The average Bonchev–Trinajstić information content (AvgIpc) is 2.36. The van der Waals surface area contributed by atoms with Gasteiger partial charge in [-0.1, -0.05) is 30.3 Å². The Morgan fingerprint density at radius 2 is 2.00 bits per heavy atom. The molecule has 0 amide bonds. The first-order valence-electron chi connectivity index (χ1n) is 5.64. The van der Waals surface area contributed by atoms with E-state index in [0.717, 1.165) is 24.2 Å². The predicted octanol–water partition coefficient (Wildman–Crippen LogP) is 2.02. The van der Waals surface area contributed by atoms with E-state index in [4.69, 9.17) is 5.73 Å². The van der Waals surface area contributed by atoms with E-state index >= 15 is 0 Å². The third-order valence-electron chi connectivity index (χ3n) is 3.08. The van der Waals surface area contributed by atoms with Gasteiger partial charge in [0, 0.05) is 12.0 Å². The third kappa shape index (κ3) is 3.24. The molecule has 90 valence electrons. The fraction of sp³-hybridized carbons (Fsp3) is 0.538. The van der Waals surface area contributed by atoms with Crippen LogP contribution in [0.15, 0.2) is 30.3 Å². The van der Waals surface area contributed by atoms with E-state index < -0.39 is 0 Å². The second-order valence-electron chi connectivity index (χ2n) is 4.10. The van der Waals surface area contributed by atoms with Gasteiger partial charge in [0.25, 0.3) is 0 Å². The lowest BCUT2D eigenvalue weighted by Gasteiger charge is -2.31. The number of benzene rings is 1. The van der Waals surface area contributed by atoms with Gasteiger partial charge in [-0.3, -0.25) is 0 Å². The summed E-state index contributed by atoms with van der Waals surface area (Å²) in [7, 11) is 0. The zero-order valence-corrected chi connectivity index (χ0v) is 10.7. The summed E-state index contributed by atoms with van der Waals surface area (Å²) < 4.78 is 0. The molecule has 1 aromatic carbocycles. The first-order chi connectivity index (χ1) is 7.79. The maximum absolute atomic E-state index is 9.64. The second-order valence-corrected chi connectivity index (χ2v) is 5.09. The minimum Gasteiger partial charge on any atom is -0.395 e. The summed E-state index contributed by atoms with van der Waals surface area (Å²) >= 11 is 1.84. The molecule has 1 aromatic rings. The van der Waals surface area contributed by atoms with Gasteiger partial charge in [0.2, 0.25) is 0 Å². The van der Waals surface area contributed by atoms with Gasteiger partial charge < -0.3 is 10.8 Å². The van der Waals surface area contributed by atoms with Gasteiger partial charge in [-0.15, -0.1) is 0 Å². The Bertz CT molecular complexity index is 285. The van der Waals surface area contributed by atoms with Crippen molar-refractivity contribution in [2.24, 2.45) is 5.73 Å². The maximum atomic E-state index is 9.64. The quantitative estimate of drug-likeness (QED) is 0.716. The molecular weight excluding hydrogens is 218 g/mol. The summed E-state index contributed by atoms with van der Waals surface area (Å²) in [6.45, 7) is 0.629. The monoisotopic (exact) mass is 239 g/mol. The Labute approximate surface area is 102 Å². The molecular formula is C13H21NOS. The van der Waals surface area contributed by atoms with E-state index in [0.29, 0.717) is 6.54 Å². The molecule has 1 atom stereocenters. The molecule has 0 spiro atoms. The lowest BCUT2D eigenvalue weighted by atomic mass is 9.77. The Morgan fingerprint density at radius 1 is 1.31 bits per heavy atom. The number of thioether (sulfide) groups is 1. The molecule has 0 aliphatic rings. The van der Waals surface area contributed by atoms with Crippen LogP contribution in [0.1, 0.15) is 18.4 Å². The van der Waals surface area contributed by atoms with E-state index in [1.54, 1.807) is 0 Å². The van der Waals surface area contributed by atoms with E-state index in [2.05, 4.69) is 18.4 Å². The van der Waals surface area contributed by atoms with E-state index in [-0.39, 0.29) is 12.0 Å². The average molecular weight is 239 g/mol. The van der Waals surface area contributed by atoms with Crippen LogP contribution in [0.4, 0.5) is 0 Å². The normalized spacial score (nSPS) is 14.7. The van der Waals surface area contributed by atoms with Gasteiger partial charge in [0.1, 0.15) is 0 Å². The fourth-order valence-electron chi connectivity index (χ4n) is 1.95. The van der Waals surface area contributed by atoms with Crippen LogP contribution in [0.3, 0.4) is 0 Å². The smallest absolute Gasteiger partial charge is 0.0540 e. The van der Waals surface area contributed by atoms with Crippen molar-refractivity contribution in [2.75, 3.05) is 25.2 Å². The van der Waals surface area contributed by atoms with Crippen LogP contribution in [0.25, 0.3) is 0 Å². The molecule has 0 aliphatic carbocycles. The lowest BCUT2D eigenvalue weighted by Crippen LogP contribution is -2.39. The highest BCUT2D eigenvalue weighted by molar-refractivity contribution is 7.98. The molecule has 0 aliphatic heterocycles. The largest absolute Gasteiger partial charge is 0.395 e. The number of hydrogen-bond donors (Lipinski definition) is 2. The number of aliphatic hydroxyl groups is 1. The summed E-state index contributed by atoms with van der Waals surface area (Å²) in [6.07, 6.45) is 4.14. The summed E-state index contributed by atoms with van der Waals surface area (Å²) in [6, 6.07) is 10.1. The van der Waals surface area contributed by atoms with Crippen molar-refractivity contribution in [3.05, 3.63) is 35.9 Å². The van der Waals surface area contributed by atoms with E-state index in [9.17, 15) is 5.11 Å². The van der Waals surface area contributed by atoms with Crippen LogP contribution in [-0.4, -0.2) is 30.3 Å². The zero-order valence-electron chi connectivity index (χ0n) is 9.86. The van der Waals surface area contributed by atoms with Crippen molar-refractivity contribution in [2.45, 2.75) is 18.3 Å². The molecule has 3 heteroatoms. The van der Waals surface area contributed by atoms with Crippen LogP contribution in [0.5, 0.6) is 0 Å². The molecule has 0 aromatic heterocycles. The molecule has 16 heavy (non-hydrogen) atoms. The van der Waals surface area contributed by atoms with Gasteiger partial charge in [0.15, 0.2) is 0 Å². The number of aliphatic hydroxyl groups excluding tert-OH is 1. The zero-order chi connectivity index (χ0) is 11.9. The van der Waals surface area contributed by atoms with E-state index in [1.165, 1.54) is 0 Å². The van der Waals surface area contributed by atoms with Crippen LogP contribution < -0.4 is 5.73 Å². The highest BCUT2D eigenvalue weighted by Crippen LogP contribution is 2.28. The van der Waals surface area contributed by atoms with Crippen molar-refractivity contribution in [3.63, 3.8) is 0 Å². The minimum atomic E-state index is -0.253. The SMILES string of the molecule is CSCCCC(CN)(CO)c1ccccc1. The van der Waals surface area contributed by atoms with Crippen LogP contribution in [0, 0.1) is 0 Å².